The molecule has 2 rings (SSSR count). The van der Waals surface area contributed by atoms with Crippen LogP contribution in [-0.2, 0) is 6.54 Å². The summed E-state index contributed by atoms with van der Waals surface area (Å²) in [6.45, 7) is 0.573. The summed E-state index contributed by atoms with van der Waals surface area (Å²) in [5.41, 5.74) is 1.69. The second kappa shape index (κ2) is 5.63. The molecule has 18 heavy (non-hydrogen) atoms. The molecule has 0 fully saturated rings. The van der Waals surface area contributed by atoms with Gasteiger partial charge in [0, 0.05) is 23.7 Å². The topological polar surface area (TPSA) is 74.7 Å². The van der Waals surface area contributed by atoms with Crippen LogP contribution in [0.25, 0.3) is 11.3 Å². The summed E-state index contributed by atoms with van der Waals surface area (Å²) in [5.74, 6) is 0. The molecule has 0 aliphatic heterocycles. The summed E-state index contributed by atoms with van der Waals surface area (Å²) in [7, 11) is 0. The highest BCUT2D eigenvalue weighted by atomic mass is 35.5. The smallest absolute Gasteiger partial charge is 0.190 e. The van der Waals surface area contributed by atoms with Gasteiger partial charge in [-0.2, -0.15) is 5.26 Å². The van der Waals surface area contributed by atoms with Gasteiger partial charge in [0.2, 0.25) is 0 Å². The summed E-state index contributed by atoms with van der Waals surface area (Å²) >= 11 is 5.94. The number of aliphatic hydroxyl groups excluding tert-OH is 1. The van der Waals surface area contributed by atoms with E-state index < -0.39 is 0 Å². The van der Waals surface area contributed by atoms with Crippen molar-refractivity contribution in [1.82, 2.24) is 15.0 Å². The Hall–Kier alpha value is -1.90. The predicted molar refractivity (Wildman–Crippen MR) is 66.9 cm³/mol. The van der Waals surface area contributed by atoms with Gasteiger partial charge in [-0.05, 0) is 18.6 Å². The maximum absolute atomic E-state index is 9.04. The molecule has 0 saturated carbocycles. The van der Waals surface area contributed by atoms with Crippen LogP contribution in [0, 0.1) is 11.3 Å². The number of aromatic nitrogens is 3. The Kier molecular flexibility index (Phi) is 3.92. The Morgan fingerprint density at radius 2 is 2.28 bits per heavy atom. The highest BCUT2D eigenvalue weighted by Crippen LogP contribution is 2.24. The van der Waals surface area contributed by atoms with Crippen molar-refractivity contribution in [3.63, 3.8) is 0 Å². The fourth-order valence-electron chi connectivity index (χ4n) is 1.69. The predicted octanol–water partition coefficient (Wildman–Crippen LogP) is 1.85. The number of hydrogen-bond acceptors (Lipinski definition) is 4. The number of rotatable bonds is 4. The van der Waals surface area contributed by atoms with E-state index in [4.69, 9.17) is 22.0 Å². The Balaban J connectivity index is 2.47. The lowest BCUT2D eigenvalue weighted by atomic mass is 10.1. The minimum absolute atomic E-state index is 0.0662. The number of aliphatic hydroxyl groups is 1. The third-order valence-corrected chi connectivity index (χ3v) is 2.70. The van der Waals surface area contributed by atoms with Crippen LogP contribution in [0.15, 0.2) is 24.3 Å². The number of benzene rings is 1. The van der Waals surface area contributed by atoms with Crippen LogP contribution in [0.5, 0.6) is 0 Å². The van der Waals surface area contributed by atoms with Gasteiger partial charge in [-0.25, -0.2) is 4.68 Å². The van der Waals surface area contributed by atoms with Crippen LogP contribution in [0.1, 0.15) is 12.1 Å². The van der Waals surface area contributed by atoms with Crippen molar-refractivity contribution in [2.24, 2.45) is 0 Å². The van der Waals surface area contributed by atoms with Gasteiger partial charge in [-0.3, -0.25) is 0 Å². The van der Waals surface area contributed by atoms with Gasteiger partial charge in [-0.1, -0.05) is 28.9 Å². The summed E-state index contributed by atoms with van der Waals surface area (Å²) in [6.07, 6.45) is 0.557. The Morgan fingerprint density at radius 1 is 1.44 bits per heavy atom. The summed E-state index contributed by atoms with van der Waals surface area (Å²) in [4.78, 5) is 0. The van der Waals surface area contributed by atoms with Gasteiger partial charge in [0.1, 0.15) is 11.8 Å². The number of halogens is 1. The summed E-state index contributed by atoms with van der Waals surface area (Å²) in [6, 6.07) is 9.19. The van der Waals surface area contributed by atoms with E-state index in [1.54, 1.807) is 16.8 Å². The third kappa shape index (κ3) is 2.50. The largest absolute Gasteiger partial charge is 0.396 e. The van der Waals surface area contributed by atoms with Crippen LogP contribution in [0.4, 0.5) is 0 Å². The lowest BCUT2D eigenvalue weighted by molar-refractivity contribution is 0.276. The SMILES string of the molecule is N#Cc1nnn(CCCO)c1-c1cccc(Cl)c1. The molecule has 1 aromatic heterocycles. The first kappa shape index (κ1) is 12.6. The van der Waals surface area contributed by atoms with Gasteiger partial charge in [0.05, 0.1) is 0 Å². The molecule has 0 spiro atoms. The first-order valence-electron chi connectivity index (χ1n) is 5.46. The lowest BCUT2D eigenvalue weighted by Gasteiger charge is -2.06. The average molecular weight is 263 g/mol. The Labute approximate surface area is 109 Å². The number of nitrogens with zero attached hydrogens (tertiary/aromatic N) is 4. The number of aryl methyl sites for hydroxylation is 1. The zero-order valence-electron chi connectivity index (χ0n) is 9.54. The van der Waals surface area contributed by atoms with Crippen LogP contribution in [0.2, 0.25) is 5.02 Å². The minimum Gasteiger partial charge on any atom is -0.396 e. The van der Waals surface area contributed by atoms with Gasteiger partial charge >= 0.3 is 0 Å². The highest BCUT2D eigenvalue weighted by Gasteiger charge is 2.14. The Morgan fingerprint density at radius 3 is 2.94 bits per heavy atom. The highest BCUT2D eigenvalue weighted by molar-refractivity contribution is 6.30. The number of hydrogen-bond donors (Lipinski definition) is 1. The molecule has 0 atom stereocenters. The molecule has 0 bridgehead atoms. The fraction of sp³-hybridized carbons (Fsp3) is 0.250. The van der Waals surface area contributed by atoms with Crippen molar-refractivity contribution in [3.05, 3.63) is 35.0 Å². The molecule has 0 saturated heterocycles. The van der Waals surface area contributed by atoms with Crippen molar-refractivity contribution in [1.29, 1.82) is 5.26 Å². The van der Waals surface area contributed by atoms with Gasteiger partial charge < -0.3 is 5.11 Å². The second-order valence-corrected chi connectivity index (χ2v) is 4.15. The molecule has 0 amide bonds. The van der Waals surface area contributed by atoms with E-state index >= 15 is 0 Å². The average Bonchev–Trinajstić information content (AvgIpc) is 2.79. The zero-order valence-corrected chi connectivity index (χ0v) is 10.3. The lowest BCUT2D eigenvalue weighted by Crippen LogP contribution is -2.04. The molecule has 1 heterocycles. The molecule has 6 heteroatoms. The van der Waals surface area contributed by atoms with Crippen LogP contribution in [-0.4, -0.2) is 26.7 Å². The molecule has 0 radical (unpaired) electrons. The van der Waals surface area contributed by atoms with E-state index in [9.17, 15) is 0 Å². The molecular formula is C12H11ClN4O. The van der Waals surface area contributed by atoms with Crippen molar-refractivity contribution in [2.75, 3.05) is 6.61 Å². The molecule has 2 aromatic rings. The summed E-state index contributed by atoms with van der Waals surface area (Å²) in [5, 5.41) is 26.2. The first-order valence-corrected chi connectivity index (χ1v) is 5.84. The minimum atomic E-state index is 0.0662. The molecule has 0 unspecified atom stereocenters. The molecule has 1 N–H and O–H groups in total. The van der Waals surface area contributed by atoms with E-state index in [0.29, 0.717) is 23.7 Å². The first-order chi connectivity index (χ1) is 8.76. The quantitative estimate of drug-likeness (QED) is 0.912. The third-order valence-electron chi connectivity index (χ3n) is 2.47. The van der Waals surface area contributed by atoms with Crippen LogP contribution < -0.4 is 0 Å². The normalized spacial score (nSPS) is 10.3. The van der Waals surface area contributed by atoms with Crippen molar-refractivity contribution in [2.45, 2.75) is 13.0 Å². The van der Waals surface area contributed by atoms with E-state index in [1.165, 1.54) is 0 Å². The van der Waals surface area contributed by atoms with E-state index in [-0.39, 0.29) is 12.3 Å². The monoisotopic (exact) mass is 262 g/mol. The van der Waals surface area contributed by atoms with Gasteiger partial charge in [-0.15, -0.1) is 5.10 Å². The molecule has 0 aliphatic carbocycles. The van der Waals surface area contributed by atoms with Gasteiger partial charge in [0.15, 0.2) is 5.69 Å². The van der Waals surface area contributed by atoms with E-state index in [2.05, 4.69) is 10.3 Å². The van der Waals surface area contributed by atoms with Crippen LogP contribution in [0.3, 0.4) is 0 Å². The second-order valence-electron chi connectivity index (χ2n) is 3.71. The summed E-state index contributed by atoms with van der Waals surface area (Å²) < 4.78 is 1.61. The maximum Gasteiger partial charge on any atom is 0.190 e. The molecular weight excluding hydrogens is 252 g/mol. The molecule has 0 aliphatic rings. The maximum atomic E-state index is 9.04. The Bertz CT molecular complexity index is 588. The van der Waals surface area contributed by atoms with Crippen molar-refractivity contribution >= 4 is 11.6 Å². The fourth-order valence-corrected chi connectivity index (χ4v) is 1.88. The standard InChI is InChI=1S/C12H11ClN4O/c13-10-4-1-3-9(7-10)12-11(8-14)15-16-17(12)5-2-6-18/h1,3-4,7,18H,2,5-6H2. The van der Waals surface area contributed by atoms with E-state index in [0.717, 1.165) is 5.56 Å². The van der Waals surface area contributed by atoms with Gasteiger partial charge in [0.25, 0.3) is 0 Å². The zero-order chi connectivity index (χ0) is 13.0. The van der Waals surface area contributed by atoms with Crippen molar-refractivity contribution < 1.29 is 5.11 Å². The molecule has 1 aromatic carbocycles. The molecule has 92 valence electrons. The van der Waals surface area contributed by atoms with Crippen LogP contribution >= 0.6 is 11.6 Å². The molecule has 5 nitrogen and oxygen atoms in total. The van der Waals surface area contributed by atoms with Crippen molar-refractivity contribution in [3.8, 4) is 17.3 Å². The number of nitriles is 1. The van der Waals surface area contributed by atoms with E-state index in [1.807, 2.05) is 18.2 Å².